The lowest BCUT2D eigenvalue weighted by Gasteiger charge is -2.42. The fraction of sp³-hybridized carbons (Fsp3) is 0.667. The first-order chi connectivity index (χ1) is 6.91. The van der Waals surface area contributed by atoms with Crippen LogP contribution < -0.4 is 5.32 Å². The molecule has 2 nitrogen and oxygen atoms in total. The van der Waals surface area contributed by atoms with Crippen LogP contribution in [0.4, 0.5) is 0 Å². The first kappa shape index (κ1) is 14.0. The van der Waals surface area contributed by atoms with Crippen molar-refractivity contribution in [1.82, 2.24) is 5.32 Å². The molecule has 2 heterocycles. The molecule has 0 amide bonds. The molecule has 2 rings (SSSR count). The van der Waals surface area contributed by atoms with Crippen LogP contribution in [0.25, 0.3) is 0 Å². The van der Waals surface area contributed by atoms with Gasteiger partial charge < -0.3 is 4.74 Å². The highest BCUT2D eigenvalue weighted by atomic mass is 35.5. The van der Waals surface area contributed by atoms with Crippen LogP contribution in [-0.2, 0) is 10.5 Å². The minimum absolute atomic E-state index is 0. The van der Waals surface area contributed by atoms with Gasteiger partial charge in [-0.05, 0) is 26.0 Å². The average Bonchev–Trinajstić information content (AvgIpc) is 2.59. The maximum absolute atomic E-state index is 5.98. The molecule has 0 aromatic carbocycles. The third-order valence-electron chi connectivity index (χ3n) is 2.87. The SMILES string of the molecule is Cc1ccc(C2(C)NCC(C)(C)CO2)s1.Cl. The summed E-state index contributed by atoms with van der Waals surface area (Å²) in [6.07, 6.45) is 0. The number of thiophene rings is 1. The van der Waals surface area contributed by atoms with Crippen molar-refractivity contribution < 1.29 is 4.74 Å². The van der Waals surface area contributed by atoms with Crippen molar-refractivity contribution in [2.45, 2.75) is 33.4 Å². The Morgan fingerprint density at radius 2 is 2.00 bits per heavy atom. The predicted octanol–water partition coefficient (Wildman–Crippen LogP) is 3.30. The van der Waals surface area contributed by atoms with Crippen LogP contribution in [0.2, 0.25) is 0 Å². The van der Waals surface area contributed by atoms with Gasteiger partial charge in [-0.25, -0.2) is 0 Å². The van der Waals surface area contributed by atoms with Gasteiger partial charge in [0.1, 0.15) is 0 Å². The van der Waals surface area contributed by atoms with E-state index in [2.05, 4.69) is 45.1 Å². The lowest BCUT2D eigenvalue weighted by Crippen LogP contribution is -2.53. The van der Waals surface area contributed by atoms with Gasteiger partial charge in [0.05, 0.1) is 11.5 Å². The zero-order valence-electron chi connectivity index (χ0n) is 10.3. The molecule has 4 heteroatoms. The van der Waals surface area contributed by atoms with E-state index in [0.29, 0.717) is 0 Å². The molecule has 16 heavy (non-hydrogen) atoms. The van der Waals surface area contributed by atoms with Gasteiger partial charge in [-0.3, -0.25) is 5.32 Å². The number of halogens is 1. The summed E-state index contributed by atoms with van der Waals surface area (Å²) in [5, 5.41) is 3.50. The maximum Gasteiger partial charge on any atom is 0.151 e. The van der Waals surface area contributed by atoms with Gasteiger partial charge in [-0.15, -0.1) is 23.7 Å². The molecule has 1 fully saturated rings. The molecule has 1 aliphatic heterocycles. The van der Waals surface area contributed by atoms with Gasteiger partial charge in [0.15, 0.2) is 5.72 Å². The van der Waals surface area contributed by atoms with Crippen molar-refractivity contribution in [3.63, 3.8) is 0 Å². The number of rotatable bonds is 1. The minimum atomic E-state index is -0.283. The van der Waals surface area contributed by atoms with Gasteiger partial charge in [0.2, 0.25) is 0 Å². The lowest BCUT2D eigenvalue weighted by molar-refractivity contribution is -0.129. The molecule has 0 bridgehead atoms. The second kappa shape index (κ2) is 4.65. The van der Waals surface area contributed by atoms with Crippen LogP contribution in [0, 0.1) is 12.3 Å². The molecule has 0 aliphatic carbocycles. The largest absolute Gasteiger partial charge is 0.355 e. The summed E-state index contributed by atoms with van der Waals surface area (Å²) in [5.41, 5.74) is -0.0414. The van der Waals surface area contributed by atoms with Gasteiger partial charge >= 0.3 is 0 Å². The summed E-state index contributed by atoms with van der Waals surface area (Å²) in [6.45, 7) is 10.5. The van der Waals surface area contributed by atoms with Crippen LogP contribution in [0.1, 0.15) is 30.5 Å². The Morgan fingerprint density at radius 1 is 1.31 bits per heavy atom. The lowest BCUT2D eigenvalue weighted by atomic mass is 9.92. The standard InChI is InChI=1S/C12H19NOS.ClH/c1-9-5-6-10(15-9)12(4)13-7-11(2,3)8-14-12;/h5-6,13H,7-8H2,1-4H3;1H. The van der Waals surface area contributed by atoms with E-state index in [1.165, 1.54) is 9.75 Å². The first-order valence-electron chi connectivity index (χ1n) is 5.37. The minimum Gasteiger partial charge on any atom is -0.355 e. The van der Waals surface area contributed by atoms with Gasteiger partial charge in [-0.1, -0.05) is 13.8 Å². The van der Waals surface area contributed by atoms with Crippen LogP contribution in [-0.4, -0.2) is 13.2 Å². The maximum atomic E-state index is 5.98. The van der Waals surface area contributed by atoms with E-state index in [4.69, 9.17) is 4.74 Å². The van der Waals surface area contributed by atoms with Crippen molar-refractivity contribution in [2.75, 3.05) is 13.2 Å². The molecule has 0 saturated carbocycles. The predicted molar refractivity (Wildman–Crippen MR) is 71.4 cm³/mol. The summed E-state index contributed by atoms with van der Waals surface area (Å²) < 4.78 is 5.98. The van der Waals surface area contributed by atoms with E-state index in [1.807, 2.05) is 0 Å². The second-order valence-electron chi connectivity index (χ2n) is 5.25. The second-order valence-corrected chi connectivity index (χ2v) is 6.54. The summed E-state index contributed by atoms with van der Waals surface area (Å²) in [6, 6.07) is 4.31. The van der Waals surface area contributed by atoms with Crippen molar-refractivity contribution in [3.05, 3.63) is 21.9 Å². The number of aryl methyl sites for hydroxylation is 1. The summed E-state index contributed by atoms with van der Waals surface area (Å²) in [7, 11) is 0. The fourth-order valence-electron chi connectivity index (χ4n) is 1.70. The highest BCUT2D eigenvalue weighted by molar-refractivity contribution is 7.12. The molecular formula is C12H20ClNOS. The van der Waals surface area contributed by atoms with Crippen molar-refractivity contribution in [1.29, 1.82) is 0 Å². The summed E-state index contributed by atoms with van der Waals surface area (Å²) in [4.78, 5) is 2.61. The zero-order valence-corrected chi connectivity index (χ0v) is 11.9. The Kier molecular flexibility index (Phi) is 4.06. The fourth-order valence-corrected chi connectivity index (χ4v) is 2.64. The van der Waals surface area contributed by atoms with Crippen molar-refractivity contribution in [2.24, 2.45) is 5.41 Å². The molecule has 0 spiro atoms. The van der Waals surface area contributed by atoms with E-state index < -0.39 is 0 Å². The van der Waals surface area contributed by atoms with Gasteiger partial charge in [0, 0.05) is 16.8 Å². The number of hydrogen-bond acceptors (Lipinski definition) is 3. The van der Waals surface area contributed by atoms with E-state index in [1.54, 1.807) is 11.3 Å². The van der Waals surface area contributed by atoms with Crippen LogP contribution in [0.15, 0.2) is 12.1 Å². The third-order valence-corrected chi connectivity index (χ3v) is 4.07. The Bertz CT molecular complexity index is 352. The number of nitrogens with one attached hydrogen (secondary N) is 1. The molecule has 1 aromatic rings. The third kappa shape index (κ3) is 2.77. The van der Waals surface area contributed by atoms with E-state index in [-0.39, 0.29) is 23.5 Å². The monoisotopic (exact) mass is 261 g/mol. The first-order valence-corrected chi connectivity index (χ1v) is 6.19. The van der Waals surface area contributed by atoms with Crippen molar-refractivity contribution in [3.8, 4) is 0 Å². The summed E-state index contributed by atoms with van der Waals surface area (Å²) in [5.74, 6) is 0. The molecular weight excluding hydrogens is 242 g/mol. The molecule has 0 radical (unpaired) electrons. The Balaban J connectivity index is 0.00000128. The van der Waals surface area contributed by atoms with E-state index >= 15 is 0 Å². The number of hydrogen-bond donors (Lipinski definition) is 1. The topological polar surface area (TPSA) is 21.3 Å². The number of ether oxygens (including phenoxy) is 1. The average molecular weight is 262 g/mol. The summed E-state index contributed by atoms with van der Waals surface area (Å²) >= 11 is 1.81. The molecule has 1 N–H and O–H groups in total. The molecule has 1 atom stereocenters. The normalized spacial score (nSPS) is 28.5. The Hall–Kier alpha value is -0.0900. The molecule has 1 saturated heterocycles. The highest BCUT2D eigenvalue weighted by Gasteiger charge is 2.37. The zero-order chi connectivity index (χ0) is 11.1. The van der Waals surface area contributed by atoms with Crippen LogP contribution in [0.3, 0.4) is 0 Å². The Labute approximate surface area is 108 Å². The smallest absolute Gasteiger partial charge is 0.151 e. The molecule has 1 aliphatic rings. The Morgan fingerprint density at radius 3 is 2.44 bits per heavy atom. The van der Waals surface area contributed by atoms with Crippen LogP contribution >= 0.6 is 23.7 Å². The molecule has 1 aromatic heterocycles. The quantitative estimate of drug-likeness (QED) is 0.838. The molecule has 92 valence electrons. The van der Waals surface area contributed by atoms with E-state index in [0.717, 1.165) is 13.2 Å². The van der Waals surface area contributed by atoms with Gasteiger partial charge in [-0.2, -0.15) is 0 Å². The van der Waals surface area contributed by atoms with Crippen molar-refractivity contribution >= 4 is 23.7 Å². The van der Waals surface area contributed by atoms with E-state index in [9.17, 15) is 0 Å². The highest BCUT2D eigenvalue weighted by Crippen LogP contribution is 2.34. The molecule has 1 unspecified atom stereocenters. The van der Waals surface area contributed by atoms with Crippen LogP contribution in [0.5, 0.6) is 0 Å². The van der Waals surface area contributed by atoms with Gasteiger partial charge in [0.25, 0.3) is 0 Å².